The van der Waals surface area contributed by atoms with Crippen molar-refractivity contribution < 1.29 is 9.53 Å². The number of fused-ring (bicyclic) bond motifs is 1. The van der Waals surface area contributed by atoms with E-state index in [-0.39, 0.29) is 5.91 Å². The summed E-state index contributed by atoms with van der Waals surface area (Å²) in [7, 11) is 0. The molecule has 1 amide bonds. The van der Waals surface area contributed by atoms with E-state index in [9.17, 15) is 4.79 Å². The molecule has 0 aromatic heterocycles. The smallest absolute Gasteiger partial charge is 0.249 e. The van der Waals surface area contributed by atoms with Crippen molar-refractivity contribution in [2.24, 2.45) is 10.9 Å². The number of benzodiazepines with no additional fused rings is 1. The molecule has 2 aromatic rings. The fraction of sp³-hybridized carbons (Fsp3) is 0.333. The van der Waals surface area contributed by atoms with E-state index >= 15 is 0 Å². The molecule has 1 unspecified atom stereocenters. The van der Waals surface area contributed by atoms with Crippen LogP contribution in [0.15, 0.2) is 59.6 Å². The Kier molecular flexibility index (Phi) is 5.49. The third-order valence-corrected chi connectivity index (χ3v) is 4.20. The van der Waals surface area contributed by atoms with Crippen LogP contribution in [0.2, 0.25) is 0 Å². The summed E-state index contributed by atoms with van der Waals surface area (Å²) in [5.74, 6) is 1.01. The number of carbonyl (C=O) groups excluding carboxylic acids is 1. The molecule has 0 radical (unpaired) electrons. The van der Waals surface area contributed by atoms with Crippen LogP contribution in [0.5, 0.6) is 0 Å². The lowest BCUT2D eigenvalue weighted by Crippen LogP contribution is -2.27. The number of ether oxygens (including phenoxy) is 1. The van der Waals surface area contributed by atoms with Crippen molar-refractivity contribution in [3.63, 3.8) is 0 Å². The zero-order valence-corrected chi connectivity index (χ0v) is 14.7. The second kappa shape index (κ2) is 7.97. The van der Waals surface area contributed by atoms with E-state index in [0.29, 0.717) is 24.8 Å². The van der Waals surface area contributed by atoms with Gasteiger partial charge in [0, 0.05) is 6.42 Å². The Bertz CT molecular complexity index is 754. The number of nitrogens with zero attached hydrogens (tertiary/aromatic N) is 1. The lowest BCUT2D eigenvalue weighted by Gasteiger charge is -2.12. The van der Waals surface area contributed by atoms with Gasteiger partial charge in [-0.25, -0.2) is 4.99 Å². The standard InChI is InChI=1S/C21H24N2O2/c1-15(2)12-13-25-21-17-10-6-7-11-18(17)22-20(24)19(23-21)14-16-8-4-3-5-9-16/h3-11,15,19H,12-14H2,1-2H3,(H,22,24). The highest BCUT2D eigenvalue weighted by Gasteiger charge is 2.26. The third kappa shape index (κ3) is 4.47. The highest BCUT2D eigenvalue weighted by Crippen LogP contribution is 2.22. The summed E-state index contributed by atoms with van der Waals surface area (Å²) in [6.07, 6.45) is 1.50. The highest BCUT2D eigenvalue weighted by atomic mass is 16.5. The molecular weight excluding hydrogens is 312 g/mol. The molecule has 1 aliphatic rings. The van der Waals surface area contributed by atoms with Gasteiger partial charge in [-0.15, -0.1) is 0 Å². The number of hydrogen-bond donors (Lipinski definition) is 1. The van der Waals surface area contributed by atoms with Gasteiger partial charge in [-0.1, -0.05) is 56.3 Å². The fourth-order valence-electron chi connectivity index (χ4n) is 2.75. The summed E-state index contributed by atoms with van der Waals surface area (Å²) in [4.78, 5) is 17.3. The van der Waals surface area contributed by atoms with Gasteiger partial charge in [0.1, 0.15) is 6.04 Å². The average Bonchev–Trinajstić information content (AvgIpc) is 2.73. The number of carbonyl (C=O) groups is 1. The van der Waals surface area contributed by atoms with Crippen molar-refractivity contribution >= 4 is 17.5 Å². The van der Waals surface area contributed by atoms with E-state index in [4.69, 9.17) is 4.74 Å². The number of nitrogens with one attached hydrogen (secondary N) is 1. The van der Waals surface area contributed by atoms with Crippen molar-refractivity contribution in [1.82, 2.24) is 0 Å². The van der Waals surface area contributed by atoms with Gasteiger partial charge in [0.2, 0.25) is 11.8 Å². The van der Waals surface area contributed by atoms with Gasteiger partial charge in [0.05, 0.1) is 17.9 Å². The fourth-order valence-corrected chi connectivity index (χ4v) is 2.75. The predicted molar refractivity (Wildman–Crippen MR) is 101 cm³/mol. The quantitative estimate of drug-likeness (QED) is 0.895. The summed E-state index contributed by atoms with van der Waals surface area (Å²) in [6.45, 7) is 4.92. The molecule has 0 aliphatic carbocycles. The van der Waals surface area contributed by atoms with Crippen LogP contribution in [-0.2, 0) is 16.0 Å². The highest BCUT2D eigenvalue weighted by molar-refractivity contribution is 6.08. The molecule has 1 heterocycles. The van der Waals surface area contributed by atoms with E-state index in [1.54, 1.807) is 0 Å². The van der Waals surface area contributed by atoms with Crippen LogP contribution in [0, 0.1) is 5.92 Å². The largest absolute Gasteiger partial charge is 0.477 e. The topological polar surface area (TPSA) is 50.7 Å². The predicted octanol–water partition coefficient (Wildman–Crippen LogP) is 4.06. The molecule has 25 heavy (non-hydrogen) atoms. The lowest BCUT2D eigenvalue weighted by atomic mass is 10.1. The number of aliphatic imine (C=N–C) groups is 1. The first-order valence-electron chi connectivity index (χ1n) is 8.78. The van der Waals surface area contributed by atoms with E-state index in [0.717, 1.165) is 23.2 Å². The van der Waals surface area contributed by atoms with Gasteiger partial charge in [-0.2, -0.15) is 0 Å². The van der Waals surface area contributed by atoms with Crippen molar-refractivity contribution in [3.8, 4) is 0 Å². The molecule has 1 atom stereocenters. The first kappa shape index (κ1) is 17.2. The molecule has 3 rings (SSSR count). The van der Waals surface area contributed by atoms with Crippen molar-refractivity contribution in [3.05, 3.63) is 65.7 Å². The summed E-state index contributed by atoms with van der Waals surface area (Å²) in [5.41, 5.74) is 2.68. The van der Waals surface area contributed by atoms with E-state index in [2.05, 4.69) is 24.2 Å². The van der Waals surface area contributed by atoms with Crippen LogP contribution in [-0.4, -0.2) is 24.5 Å². The first-order valence-corrected chi connectivity index (χ1v) is 8.78. The second-order valence-corrected chi connectivity index (χ2v) is 6.71. The lowest BCUT2D eigenvalue weighted by molar-refractivity contribution is -0.117. The number of hydrogen-bond acceptors (Lipinski definition) is 3. The molecule has 2 aromatic carbocycles. The number of anilines is 1. The number of rotatable bonds is 5. The molecule has 130 valence electrons. The van der Waals surface area contributed by atoms with Crippen LogP contribution < -0.4 is 5.32 Å². The van der Waals surface area contributed by atoms with Crippen molar-refractivity contribution in [2.75, 3.05) is 11.9 Å². The summed E-state index contributed by atoms with van der Waals surface area (Å²) in [5, 5.41) is 2.99. The molecule has 0 saturated carbocycles. The van der Waals surface area contributed by atoms with Crippen LogP contribution in [0.1, 0.15) is 31.4 Å². The minimum atomic E-state index is -0.496. The average molecular weight is 336 g/mol. The molecule has 1 N–H and O–H groups in total. The minimum Gasteiger partial charge on any atom is -0.477 e. The summed E-state index contributed by atoms with van der Waals surface area (Å²) >= 11 is 0. The molecule has 4 nitrogen and oxygen atoms in total. The first-order chi connectivity index (χ1) is 12.1. The van der Waals surface area contributed by atoms with Crippen LogP contribution in [0.4, 0.5) is 5.69 Å². The van der Waals surface area contributed by atoms with E-state index in [1.807, 2.05) is 54.6 Å². The van der Waals surface area contributed by atoms with E-state index < -0.39 is 6.04 Å². The van der Waals surface area contributed by atoms with Crippen molar-refractivity contribution in [2.45, 2.75) is 32.7 Å². The zero-order valence-electron chi connectivity index (χ0n) is 14.7. The Morgan fingerprint density at radius 3 is 2.56 bits per heavy atom. The van der Waals surface area contributed by atoms with Gasteiger partial charge >= 0.3 is 0 Å². The van der Waals surface area contributed by atoms with Gasteiger partial charge in [-0.05, 0) is 30.0 Å². The van der Waals surface area contributed by atoms with Crippen LogP contribution in [0.25, 0.3) is 0 Å². The summed E-state index contributed by atoms with van der Waals surface area (Å²) in [6, 6.07) is 17.1. The molecule has 0 bridgehead atoms. The maximum atomic E-state index is 12.6. The SMILES string of the molecule is CC(C)CCOC1=NC(Cc2ccccc2)C(=O)Nc2ccccc21. The number of para-hydroxylation sites is 1. The van der Waals surface area contributed by atoms with Gasteiger partial charge in [0.25, 0.3) is 0 Å². The van der Waals surface area contributed by atoms with Crippen molar-refractivity contribution in [1.29, 1.82) is 0 Å². The summed E-state index contributed by atoms with van der Waals surface area (Å²) < 4.78 is 5.97. The molecule has 1 aliphatic heterocycles. The maximum Gasteiger partial charge on any atom is 0.249 e. The Hall–Kier alpha value is -2.62. The molecular formula is C21H24N2O2. The van der Waals surface area contributed by atoms with Crippen LogP contribution >= 0.6 is 0 Å². The Labute approximate surface area is 148 Å². The number of benzene rings is 2. The molecule has 4 heteroatoms. The Morgan fingerprint density at radius 1 is 1.08 bits per heavy atom. The molecule has 0 saturated heterocycles. The Morgan fingerprint density at radius 2 is 1.80 bits per heavy atom. The molecule has 0 spiro atoms. The minimum absolute atomic E-state index is 0.0984. The Balaban J connectivity index is 1.87. The number of amides is 1. The second-order valence-electron chi connectivity index (χ2n) is 6.71. The van der Waals surface area contributed by atoms with Crippen LogP contribution in [0.3, 0.4) is 0 Å². The monoisotopic (exact) mass is 336 g/mol. The van der Waals surface area contributed by atoms with E-state index in [1.165, 1.54) is 0 Å². The maximum absolute atomic E-state index is 12.6. The van der Waals surface area contributed by atoms with Gasteiger partial charge in [0.15, 0.2) is 0 Å². The normalized spacial score (nSPS) is 16.7. The van der Waals surface area contributed by atoms with Gasteiger partial charge in [-0.3, -0.25) is 4.79 Å². The molecule has 0 fully saturated rings. The van der Waals surface area contributed by atoms with Gasteiger partial charge < -0.3 is 10.1 Å². The third-order valence-electron chi connectivity index (χ3n) is 4.20. The zero-order chi connectivity index (χ0) is 17.6.